The highest BCUT2D eigenvalue weighted by Gasteiger charge is 2.06. The fourth-order valence-corrected chi connectivity index (χ4v) is 2.55. The van der Waals surface area contributed by atoms with Crippen molar-refractivity contribution in [3.8, 4) is 11.5 Å². The lowest BCUT2D eigenvalue weighted by Gasteiger charge is -2.14. The van der Waals surface area contributed by atoms with Gasteiger partial charge in [-0.1, -0.05) is 6.07 Å². The molecule has 0 aliphatic carbocycles. The molecule has 7 nitrogen and oxygen atoms in total. The van der Waals surface area contributed by atoms with Gasteiger partial charge in [0.25, 0.3) is 0 Å². The largest absolute Gasteiger partial charge is 0.490 e. The van der Waals surface area contributed by atoms with E-state index in [9.17, 15) is 0 Å². The molecule has 142 valence electrons. The van der Waals surface area contributed by atoms with Crippen LogP contribution in [0.15, 0.2) is 35.6 Å². The number of benzene rings is 1. The summed E-state index contributed by atoms with van der Waals surface area (Å²) in [6.45, 7) is 6.64. The second kappa shape index (κ2) is 10.3. The molecule has 1 heterocycles. The van der Waals surface area contributed by atoms with E-state index in [0.717, 1.165) is 36.0 Å². The maximum atomic E-state index is 5.68. The Hall–Kier alpha value is -2.70. The van der Waals surface area contributed by atoms with Gasteiger partial charge in [0.2, 0.25) is 0 Å². The SMILES string of the molecule is CCOc1ccc(CCNC(=NC)NCc2cnn(C)c2)cc1OCC. The molecule has 0 unspecified atom stereocenters. The third-order valence-electron chi connectivity index (χ3n) is 3.76. The lowest BCUT2D eigenvalue weighted by Crippen LogP contribution is -2.37. The standard InChI is InChI=1S/C19H29N5O2/c1-5-25-17-8-7-15(11-18(17)26-6-2)9-10-21-19(20-3)22-12-16-13-23-24(4)14-16/h7-8,11,13-14H,5-6,9-10,12H2,1-4H3,(H2,20,21,22). The second-order valence-corrected chi connectivity index (χ2v) is 5.77. The molecule has 0 amide bonds. The normalized spacial score (nSPS) is 11.3. The molecule has 7 heteroatoms. The molecule has 2 N–H and O–H groups in total. The maximum absolute atomic E-state index is 5.68. The van der Waals surface area contributed by atoms with Crippen LogP contribution in [-0.2, 0) is 20.0 Å². The number of ether oxygens (including phenoxy) is 2. The summed E-state index contributed by atoms with van der Waals surface area (Å²) >= 11 is 0. The molecule has 0 fully saturated rings. The predicted molar refractivity (Wildman–Crippen MR) is 104 cm³/mol. The van der Waals surface area contributed by atoms with Crippen LogP contribution in [0.5, 0.6) is 11.5 Å². The number of hydrogen-bond donors (Lipinski definition) is 2. The molecule has 2 rings (SSSR count). The van der Waals surface area contributed by atoms with Crippen LogP contribution in [0.4, 0.5) is 0 Å². The van der Waals surface area contributed by atoms with E-state index in [1.54, 1.807) is 11.7 Å². The van der Waals surface area contributed by atoms with E-state index >= 15 is 0 Å². The lowest BCUT2D eigenvalue weighted by molar-refractivity contribution is 0.287. The van der Waals surface area contributed by atoms with Crippen molar-refractivity contribution in [2.75, 3.05) is 26.8 Å². The Kier molecular flexibility index (Phi) is 7.79. The Labute approximate surface area is 155 Å². The quantitative estimate of drug-likeness (QED) is 0.530. The molecular formula is C19H29N5O2. The summed E-state index contributed by atoms with van der Waals surface area (Å²) in [6.07, 6.45) is 4.69. The Balaban J connectivity index is 1.84. The Morgan fingerprint density at radius 1 is 1.12 bits per heavy atom. The topological polar surface area (TPSA) is 72.7 Å². The van der Waals surface area contributed by atoms with Gasteiger partial charge in [0, 0.05) is 38.9 Å². The van der Waals surface area contributed by atoms with Crippen molar-refractivity contribution in [3.63, 3.8) is 0 Å². The average molecular weight is 359 g/mol. The molecular weight excluding hydrogens is 330 g/mol. The summed E-state index contributed by atoms with van der Waals surface area (Å²) < 4.78 is 13.1. The minimum absolute atomic E-state index is 0.618. The zero-order valence-corrected chi connectivity index (χ0v) is 16.1. The number of nitrogens with one attached hydrogen (secondary N) is 2. The highest BCUT2D eigenvalue weighted by molar-refractivity contribution is 5.79. The van der Waals surface area contributed by atoms with Gasteiger partial charge >= 0.3 is 0 Å². The first-order chi connectivity index (χ1) is 12.7. The summed E-state index contributed by atoms with van der Waals surface area (Å²) in [5.74, 6) is 2.36. The van der Waals surface area contributed by atoms with E-state index in [0.29, 0.717) is 19.8 Å². The maximum Gasteiger partial charge on any atom is 0.191 e. The van der Waals surface area contributed by atoms with Gasteiger partial charge in [-0.25, -0.2) is 0 Å². The smallest absolute Gasteiger partial charge is 0.191 e. The van der Waals surface area contributed by atoms with Crippen LogP contribution >= 0.6 is 0 Å². The van der Waals surface area contributed by atoms with E-state index in [2.05, 4.69) is 26.8 Å². The first-order valence-electron chi connectivity index (χ1n) is 8.96. The minimum Gasteiger partial charge on any atom is -0.490 e. The molecule has 1 aromatic heterocycles. The molecule has 0 bridgehead atoms. The summed E-state index contributed by atoms with van der Waals surface area (Å²) in [4.78, 5) is 4.25. The second-order valence-electron chi connectivity index (χ2n) is 5.77. The summed E-state index contributed by atoms with van der Waals surface area (Å²) in [7, 11) is 3.67. The van der Waals surface area contributed by atoms with Gasteiger partial charge < -0.3 is 20.1 Å². The number of rotatable bonds is 9. The van der Waals surface area contributed by atoms with E-state index in [4.69, 9.17) is 9.47 Å². The fourth-order valence-electron chi connectivity index (χ4n) is 2.55. The monoisotopic (exact) mass is 359 g/mol. The summed E-state index contributed by atoms with van der Waals surface area (Å²) in [5, 5.41) is 10.8. The van der Waals surface area contributed by atoms with E-state index < -0.39 is 0 Å². The average Bonchev–Trinajstić information content (AvgIpc) is 3.05. The van der Waals surface area contributed by atoms with Gasteiger partial charge in [0.1, 0.15) is 0 Å². The third kappa shape index (κ3) is 5.98. The van der Waals surface area contributed by atoms with Crippen LogP contribution in [0.3, 0.4) is 0 Å². The van der Waals surface area contributed by atoms with Crippen molar-refractivity contribution in [2.45, 2.75) is 26.8 Å². The Morgan fingerprint density at radius 3 is 2.54 bits per heavy atom. The lowest BCUT2D eigenvalue weighted by atomic mass is 10.1. The van der Waals surface area contributed by atoms with Crippen LogP contribution in [0.1, 0.15) is 25.0 Å². The number of aryl methyl sites for hydroxylation is 1. The Morgan fingerprint density at radius 2 is 1.88 bits per heavy atom. The van der Waals surface area contributed by atoms with E-state index in [1.165, 1.54) is 5.56 Å². The van der Waals surface area contributed by atoms with Gasteiger partial charge in [-0.2, -0.15) is 5.10 Å². The van der Waals surface area contributed by atoms with Crippen LogP contribution in [-0.4, -0.2) is 42.5 Å². The first-order valence-corrected chi connectivity index (χ1v) is 8.96. The fraction of sp³-hybridized carbons (Fsp3) is 0.474. The van der Waals surface area contributed by atoms with Crippen molar-refractivity contribution < 1.29 is 9.47 Å². The van der Waals surface area contributed by atoms with Gasteiger partial charge in [-0.05, 0) is 38.0 Å². The molecule has 26 heavy (non-hydrogen) atoms. The summed E-state index contributed by atoms with van der Waals surface area (Å²) in [5.41, 5.74) is 2.30. The highest BCUT2D eigenvalue weighted by atomic mass is 16.5. The van der Waals surface area contributed by atoms with Crippen molar-refractivity contribution in [2.24, 2.45) is 12.0 Å². The number of aromatic nitrogens is 2. The van der Waals surface area contributed by atoms with Crippen molar-refractivity contribution in [3.05, 3.63) is 41.7 Å². The van der Waals surface area contributed by atoms with Crippen LogP contribution in [0, 0.1) is 0 Å². The highest BCUT2D eigenvalue weighted by Crippen LogP contribution is 2.28. The van der Waals surface area contributed by atoms with Crippen LogP contribution in [0.25, 0.3) is 0 Å². The van der Waals surface area contributed by atoms with Crippen LogP contribution < -0.4 is 20.1 Å². The molecule has 0 saturated carbocycles. The van der Waals surface area contributed by atoms with Gasteiger partial charge in [0.05, 0.1) is 19.4 Å². The summed E-state index contributed by atoms with van der Waals surface area (Å²) in [6, 6.07) is 6.09. The molecule has 0 aliphatic heterocycles. The van der Waals surface area contributed by atoms with Crippen LogP contribution in [0.2, 0.25) is 0 Å². The molecule has 0 atom stereocenters. The van der Waals surface area contributed by atoms with Gasteiger partial charge in [-0.3, -0.25) is 9.67 Å². The zero-order valence-electron chi connectivity index (χ0n) is 16.1. The predicted octanol–water partition coefficient (Wildman–Crippen LogP) is 2.13. The Bertz CT molecular complexity index is 712. The van der Waals surface area contributed by atoms with Gasteiger partial charge in [0.15, 0.2) is 17.5 Å². The third-order valence-corrected chi connectivity index (χ3v) is 3.76. The molecule has 0 radical (unpaired) electrons. The first kappa shape index (κ1) is 19.6. The van der Waals surface area contributed by atoms with Gasteiger partial charge in [-0.15, -0.1) is 0 Å². The number of aliphatic imine (C=N–C) groups is 1. The number of hydrogen-bond acceptors (Lipinski definition) is 4. The molecule has 1 aromatic carbocycles. The molecule has 0 spiro atoms. The minimum atomic E-state index is 0.618. The zero-order chi connectivity index (χ0) is 18.8. The number of nitrogens with zero attached hydrogens (tertiary/aromatic N) is 3. The van der Waals surface area contributed by atoms with Crippen molar-refractivity contribution in [1.29, 1.82) is 0 Å². The van der Waals surface area contributed by atoms with E-state index in [1.807, 2.05) is 45.4 Å². The van der Waals surface area contributed by atoms with Crippen molar-refractivity contribution in [1.82, 2.24) is 20.4 Å². The molecule has 2 aromatic rings. The van der Waals surface area contributed by atoms with Crippen molar-refractivity contribution >= 4 is 5.96 Å². The number of guanidine groups is 1. The molecule has 0 saturated heterocycles. The van der Waals surface area contributed by atoms with E-state index in [-0.39, 0.29) is 0 Å². The molecule has 0 aliphatic rings.